The van der Waals surface area contributed by atoms with Crippen LogP contribution in [0.15, 0.2) is 48.1 Å². The molecule has 0 unspecified atom stereocenters. The highest BCUT2D eigenvalue weighted by Gasteiger charge is 2.41. The third-order valence-electron chi connectivity index (χ3n) is 8.36. The molecule has 2 amide bonds. The monoisotopic (exact) mass is 574 g/mol. The molecule has 2 aliphatic rings. The molecule has 0 aliphatic heterocycles. The molecule has 2 N–H and O–H groups in total. The van der Waals surface area contributed by atoms with Gasteiger partial charge in [0.2, 0.25) is 0 Å². The molecule has 2 aromatic rings. The zero-order valence-corrected chi connectivity index (χ0v) is 27.5. The standard InChI is InChI=1S/C28H35N2O2.C9H15O.2H2/c1-8-9-10-21-13-14-24(20(4)25(21)22-11-12-22)26(31)29-30(28(5,6)7)27(32)23-16-18(2)15-19(3)17-23;1-8(2,7-5-6-7)9(3,4)10;;/h11-17H,8-10H2,1-7H3,(H,29,31);5-6,10H,1-4H3;2*1H. The van der Waals surface area contributed by atoms with E-state index in [1.165, 1.54) is 21.7 Å². The number of carbonyl (C=O) groups excluding carboxylic acids is 2. The highest BCUT2D eigenvalue weighted by molar-refractivity contribution is 6.02. The Morgan fingerprint density at radius 3 is 1.90 bits per heavy atom. The lowest BCUT2D eigenvalue weighted by molar-refractivity contribution is -0.0103. The van der Waals surface area contributed by atoms with Crippen molar-refractivity contribution >= 4 is 17.4 Å². The maximum Gasteiger partial charge on any atom is 0.272 e. The van der Waals surface area contributed by atoms with Crippen LogP contribution in [0.25, 0.3) is 5.57 Å². The minimum absolute atomic E-state index is 0. The van der Waals surface area contributed by atoms with E-state index in [1.54, 1.807) is 0 Å². The number of allylic oxidation sites excluding steroid dienone is 3. The van der Waals surface area contributed by atoms with Crippen molar-refractivity contribution in [3.8, 4) is 0 Å². The summed E-state index contributed by atoms with van der Waals surface area (Å²) in [5.74, 6) is -0.479. The van der Waals surface area contributed by atoms with E-state index >= 15 is 0 Å². The lowest BCUT2D eigenvalue weighted by Gasteiger charge is -2.36. The lowest BCUT2D eigenvalue weighted by atomic mass is 9.75. The first-order valence-corrected chi connectivity index (χ1v) is 15.1. The number of amides is 2. The molecular formula is C37H54N2O3. The van der Waals surface area contributed by atoms with Crippen molar-refractivity contribution < 1.29 is 17.5 Å². The molecule has 2 radical (unpaired) electrons. The Kier molecular flexibility index (Phi) is 9.99. The summed E-state index contributed by atoms with van der Waals surface area (Å²) in [7, 11) is 0. The number of hydrogen-bond acceptors (Lipinski definition) is 3. The molecule has 0 aromatic heterocycles. The molecule has 0 bridgehead atoms. The van der Waals surface area contributed by atoms with Gasteiger partial charge < -0.3 is 5.11 Å². The first-order chi connectivity index (χ1) is 19.4. The van der Waals surface area contributed by atoms with Gasteiger partial charge in [0.1, 0.15) is 0 Å². The highest BCUT2D eigenvalue weighted by Crippen LogP contribution is 2.45. The molecule has 5 heteroatoms. The van der Waals surface area contributed by atoms with E-state index in [1.807, 2.05) is 79.7 Å². The van der Waals surface area contributed by atoms with Crippen LogP contribution in [0.4, 0.5) is 0 Å². The fraction of sp³-hybridized carbons (Fsp3) is 0.459. The average Bonchev–Trinajstić information content (AvgIpc) is 3.77. The van der Waals surface area contributed by atoms with E-state index in [9.17, 15) is 14.7 Å². The smallest absolute Gasteiger partial charge is 0.272 e. The first kappa shape index (κ1) is 33.3. The molecule has 42 heavy (non-hydrogen) atoms. The van der Waals surface area contributed by atoms with Crippen LogP contribution in [-0.4, -0.2) is 33.1 Å². The van der Waals surface area contributed by atoms with Crippen molar-refractivity contribution in [2.24, 2.45) is 5.41 Å². The predicted molar refractivity (Wildman–Crippen MR) is 178 cm³/mol. The molecule has 230 valence electrons. The van der Waals surface area contributed by atoms with Gasteiger partial charge >= 0.3 is 0 Å². The fourth-order valence-electron chi connectivity index (χ4n) is 4.92. The number of nitrogens with one attached hydrogen (secondary N) is 1. The normalized spacial score (nSPS) is 14.3. The Balaban J connectivity index is 0.000000688. The van der Waals surface area contributed by atoms with Crippen LogP contribution in [-0.2, 0) is 6.42 Å². The van der Waals surface area contributed by atoms with Gasteiger partial charge in [0, 0.05) is 32.2 Å². The summed E-state index contributed by atoms with van der Waals surface area (Å²) in [6.45, 7) is 21.7. The van der Waals surface area contributed by atoms with Gasteiger partial charge in [0.15, 0.2) is 0 Å². The summed E-state index contributed by atoms with van der Waals surface area (Å²) in [6, 6.07) is 9.71. The number of hydrogen-bond donors (Lipinski definition) is 2. The summed E-state index contributed by atoms with van der Waals surface area (Å²) in [4.78, 5) is 26.8. The average molecular weight is 575 g/mol. The zero-order valence-electron chi connectivity index (χ0n) is 27.5. The minimum atomic E-state index is -0.619. The third-order valence-corrected chi connectivity index (χ3v) is 8.36. The van der Waals surface area contributed by atoms with Gasteiger partial charge in [0.25, 0.3) is 11.8 Å². The van der Waals surface area contributed by atoms with Gasteiger partial charge in [-0.3, -0.25) is 15.0 Å². The summed E-state index contributed by atoms with van der Waals surface area (Å²) in [5, 5.41) is 11.1. The summed E-state index contributed by atoms with van der Waals surface area (Å²) >= 11 is 0. The molecule has 0 saturated carbocycles. The predicted octanol–water partition coefficient (Wildman–Crippen LogP) is 8.56. The number of carbonyl (C=O) groups is 2. The zero-order chi connectivity index (χ0) is 31.6. The lowest BCUT2D eigenvalue weighted by Crippen LogP contribution is -2.56. The Bertz CT molecular complexity index is 1390. The van der Waals surface area contributed by atoms with Gasteiger partial charge in [-0.1, -0.05) is 68.2 Å². The molecular weight excluding hydrogens is 520 g/mol. The summed E-state index contributed by atoms with van der Waals surface area (Å²) in [6.07, 6.45) is 11.5. The maximum atomic E-state index is 13.4. The molecule has 0 fully saturated rings. The number of aliphatic hydroxyl groups is 1. The van der Waals surface area contributed by atoms with Crippen LogP contribution < -0.4 is 5.43 Å². The highest BCUT2D eigenvalue weighted by atomic mass is 16.3. The van der Waals surface area contributed by atoms with Gasteiger partial charge in [-0.15, -0.1) is 0 Å². The van der Waals surface area contributed by atoms with Gasteiger partial charge in [-0.25, -0.2) is 5.01 Å². The second-order valence-electron chi connectivity index (χ2n) is 13.8. The molecule has 0 atom stereocenters. The van der Waals surface area contributed by atoms with Crippen LogP contribution in [0, 0.1) is 39.0 Å². The molecule has 0 saturated heterocycles. The van der Waals surface area contributed by atoms with E-state index in [-0.39, 0.29) is 20.1 Å². The van der Waals surface area contributed by atoms with Crippen molar-refractivity contribution in [3.63, 3.8) is 0 Å². The van der Waals surface area contributed by atoms with Gasteiger partial charge in [-0.05, 0) is 109 Å². The van der Waals surface area contributed by atoms with Crippen molar-refractivity contribution in [1.29, 1.82) is 0 Å². The van der Waals surface area contributed by atoms with E-state index < -0.39 is 11.1 Å². The summed E-state index contributed by atoms with van der Waals surface area (Å²) < 4.78 is 0. The van der Waals surface area contributed by atoms with Gasteiger partial charge in [-0.2, -0.15) is 0 Å². The minimum Gasteiger partial charge on any atom is -0.390 e. The molecule has 2 aliphatic carbocycles. The summed E-state index contributed by atoms with van der Waals surface area (Å²) in [5.41, 5.74) is 10.7. The van der Waals surface area contributed by atoms with E-state index in [2.05, 4.69) is 57.3 Å². The number of aryl methyl sites for hydroxylation is 3. The molecule has 4 rings (SSSR count). The van der Waals surface area contributed by atoms with Crippen LogP contribution in [0.3, 0.4) is 0 Å². The van der Waals surface area contributed by atoms with E-state index in [0.717, 1.165) is 41.5 Å². The van der Waals surface area contributed by atoms with Crippen LogP contribution in [0.1, 0.15) is 120 Å². The quantitative estimate of drug-likeness (QED) is 0.310. The van der Waals surface area contributed by atoms with Crippen molar-refractivity contribution in [1.82, 2.24) is 10.4 Å². The Labute approximate surface area is 257 Å². The topological polar surface area (TPSA) is 69.6 Å². The number of hydrazine groups is 1. The van der Waals surface area contributed by atoms with E-state index in [0.29, 0.717) is 11.1 Å². The number of benzene rings is 2. The SMILES string of the molecule is CC(C)(O)C(C)(C)C1=C[CH]1.CCCCc1ccc(C(=O)NN(C(=O)c2cc(C)cc(C)c2)C(C)(C)C)c(C)c1C1=C[CH]1.[HH].[HH]. The van der Waals surface area contributed by atoms with Crippen LogP contribution >= 0.6 is 0 Å². The Morgan fingerprint density at radius 2 is 1.48 bits per heavy atom. The van der Waals surface area contributed by atoms with Crippen molar-refractivity contribution in [2.75, 3.05) is 0 Å². The third kappa shape index (κ3) is 8.01. The maximum absolute atomic E-state index is 13.4. The van der Waals surface area contributed by atoms with Crippen molar-refractivity contribution in [2.45, 2.75) is 107 Å². The van der Waals surface area contributed by atoms with Crippen LogP contribution in [0.2, 0.25) is 0 Å². The Hall–Kier alpha value is -3.18. The Morgan fingerprint density at radius 1 is 0.905 bits per heavy atom. The van der Waals surface area contributed by atoms with Gasteiger partial charge in [0.05, 0.1) is 11.1 Å². The fourth-order valence-corrected chi connectivity index (χ4v) is 4.92. The molecule has 5 nitrogen and oxygen atoms in total. The molecule has 0 heterocycles. The second-order valence-corrected chi connectivity index (χ2v) is 13.8. The van der Waals surface area contributed by atoms with Crippen LogP contribution in [0.5, 0.6) is 0 Å². The van der Waals surface area contributed by atoms with Crippen molar-refractivity contribution in [3.05, 3.63) is 99.8 Å². The largest absolute Gasteiger partial charge is 0.390 e. The number of nitrogens with zero attached hydrogens (tertiary/aromatic N) is 1. The van der Waals surface area contributed by atoms with E-state index in [4.69, 9.17) is 0 Å². The first-order valence-electron chi connectivity index (χ1n) is 15.1. The second kappa shape index (κ2) is 12.6. The molecule has 0 spiro atoms. The number of rotatable bonds is 8. The number of unbranched alkanes of at least 4 members (excludes halogenated alkanes) is 1. The molecule has 2 aromatic carbocycles.